The summed E-state index contributed by atoms with van der Waals surface area (Å²) in [6, 6.07) is 41.1. The van der Waals surface area contributed by atoms with Crippen LogP contribution in [0.25, 0.3) is 45.0 Å². The zero-order chi connectivity index (χ0) is 22.7. The fourth-order valence-electron chi connectivity index (χ4n) is 4.19. The van der Waals surface area contributed by atoms with Gasteiger partial charge in [0.2, 0.25) is 0 Å². The number of nitrogens with zero attached hydrogens (tertiary/aromatic N) is 4. The molecule has 0 spiro atoms. The molecule has 6 rings (SSSR count). The summed E-state index contributed by atoms with van der Waals surface area (Å²) in [6.45, 7) is 0. The average molecular weight is 439 g/mol. The monoisotopic (exact) mass is 438 g/mol. The van der Waals surface area contributed by atoms with Crippen LogP contribution in [-0.4, -0.2) is 19.6 Å². The molecule has 0 atom stereocenters. The first-order valence-corrected chi connectivity index (χ1v) is 11.3. The molecule has 0 aliphatic carbocycles. The Balaban J connectivity index is 1.61. The van der Waals surface area contributed by atoms with Crippen molar-refractivity contribution in [2.75, 3.05) is 0 Å². The molecule has 4 aromatic carbocycles. The molecule has 0 N–H and O–H groups in total. The summed E-state index contributed by atoms with van der Waals surface area (Å²) in [5, 5.41) is 10.0. The Kier molecular flexibility index (Phi) is 5.09. The highest BCUT2D eigenvalue weighted by Crippen LogP contribution is 2.38. The summed E-state index contributed by atoms with van der Waals surface area (Å²) in [6.07, 6.45) is 4.22. The van der Waals surface area contributed by atoms with Gasteiger partial charge in [0.15, 0.2) is 0 Å². The van der Waals surface area contributed by atoms with Gasteiger partial charge in [-0.15, -0.1) is 0 Å². The van der Waals surface area contributed by atoms with E-state index in [1.165, 1.54) is 0 Å². The number of para-hydroxylation sites is 2. The summed E-state index contributed by atoms with van der Waals surface area (Å²) < 4.78 is 3.90. The molecular formula is C30H22N4. The summed E-state index contributed by atoms with van der Waals surface area (Å²) in [5.74, 6) is 0. The molecule has 0 unspecified atom stereocenters. The van der Waals surface area contributed by atoms with Gasteiger partial charge in [-0.2, -0.15) is 10.2 Å². The Morgan fingerprint density at radius 3 is 1.06 bits per heavy atom. The third-order valence-electron chi connectivity index (χ3n) is 5.85. The lowest BCUT2D eigenvalue weighted by atomic mass is 9.99. The molecule has 162 valence electrons. The van der Waals surface area contributed by atoms with E-state index in [2.05, 4.69) is 60.9 Å². The number of benzene rings is 4. The normalized spacial score (nSPS) is 10.9. The number of hydrogen-bond donors (Lipinski definition) is 0. The maximum Gasteiger partial charge on any atom is 0.101 e. The third-order valence-corrected chi connectivity index (χ3v) is 5.85. The Bertz CT molecular complexity index is 1400. The van der Waals surface area contributed by atoms with Crippen LogP contribution in [0, 0.1) is 0 Å². The minimum atomic E-state index is 0.925. The van der Waals surface area contributed by atoms with Crippen LogP contribution < -0.4 is 0 Å². The molecule has 2 aromatic heterocycles. The second-order valence-corrected chi connectivity index (χ2v) is 8.08. The van der Waals surface area contributed by atoms with E-state index in [-0.39, 0.29) is 0 Å². The first kappa shape index (κ1) is 19.9. The van der Waals surface area contributed by atoms with Gasteiger partial charge in [0.05, 0.1) is 11.4 Å². The molecule has 34 heavy (non-hydrogen) atoms. The van der Waals surface area contributed by atoms with E-state index in [0.717, 1.165) is 45.0 Å². The van der Waals surface area contributed by atoms with Gasteiger partial charge >= 0.3 is 0 Å². The lowest BCUT2D eigenvalue weighted by Gasteiger charge is -2.03. The average Bonchev–Trinajstić information content (AvgIpc) is 3.56. The van der Waals surface area contributed by atoms with E-state index >= 15 is 0 Å². The molecule has 4 heteroatoms. The van der Waals surface area contributed by atoms with E-state index in [4.69, 9.17) is 10.2 Å². The van der Waals surface area contributed by atoms with Crippen LogP contribution in [0.2, 0.25) is 0 Å². The molecule has 2 heterocycles. The fraction of sp³-hybridized carbons (Fsp3) is 0. The maximum atomic E-state index is 5.02. The van der Waals surface area contributed by atoms with Crippen molar-refractivity contribution in [1.82, 2.24) is 19.6 Å². The summed E-state index contributed by atoms with van der Waals surface area (Å²) >= 11 is 0. The third kappa shape index (κ3) is 3.71. The molecule has 0 fully saturated rings. The largest absolute Gasteiger partial charge is 0.240 e. The highest BCUT2D eigenvalue weighted by molar-refractivity contribution is 5.88. The first-order valence-electron chi connectivity index (χ1n) is 11.3. The zero-order valence-corrected chi connectivity index (χ0v) is 18.5. The van der Waals surface area contributed by atoms with Crippen molar-refractivity contribution in [3.8, 4) is 45.0 Å². The van der Waals surface area contributed by atoms with Gasteiger partial charge in [0, 0.05) is 34.6 Å². The van der Waals surface area contributed by atoms with Gasteiger partial charge in [0.25, 0.3) is 0 Å². The van der Waals surface area contributed by atoms with Crippen molar-refractivity contribution in [2.45, 2.75) is 0 Å². The molecule has 0 bridgehead atoms. The van der Waals surface area contributed by atoms with E-state index in [1.54, 1.807) is 0 Å². The summed E-state index contributed by atoms with van der Waals surface area (Å²) in [7, 11) is 0. The molecule has 0 aliphatic rings. The maximum absolute atomic E-state index is 5.02. The van der Waals surface area contributed by atoms with E-state index in [0.29, 0.717) is 0 Å². The Labute approximate surface area is 198 Å². The van der Waals surface area contributed by atoms with Crippen molar-refractivity contribution < 1.29 is 0 Å². The molecule has 0 radical (unpaired) electrons. The Morgan fingerprint density at radius 2 is 0.706 bits per heavy atom. The van der Waals surface area contributed by atoms with E-state index < -0.39 is 0 Å². The van der Waals surface area contributed by atoms with Gasteiger partial charge in [-0.1, -0.05) is 97.1 Å². The minimum absolute atomic E-state index is 0.925. The highest BCUT2D eigenvalue weighted by Gasteiger charge is 2.21. The lowest BCUT2D eigenvalue weighted by molar-refractivity contribution is 0.884. The van der Waals surface area contributed by atoms with E-state index in [1.807, 2.05) is 82.2 Å². The number of hydrogen-bond acceptors (Lipinski definition) is 2. The lowest BCUT2D eigenvalue weighted by Crippen LogP contribution is -1.93. The van der Waals surface area contributed by atoms with Crippen molar-refractivity contribution >= 4 is 0 Å². The van der Waals surface area contributed by atoms with E-state index in [9.17, 15) is 0 Å². The molecule has 0 amide bonds. The Morgan fingerprint density at radius 1 is 0.382 bits per heavy atom. The van der Waals surface area contributed by atoms with Gasteiger partial charge in [0.1, 0.15) is 11.4 Å². The van der Waals surface area contributed by atoms with Crippen LogP contribution in [0.1, 0.15) is 0 Å². The van der Waals surface area contributed by atoms with Crippen molar-refractivity contribution in [3.63, 3.8) is 0 Å². The van der Waals surface area contributed by atoms with Gasteiger partial charge in [-0.05, 0) is 24.3 Å². The summed E-state index contributed by atoms with van der Waals surface area (Å²) in [4.78, 5) is 0. The van der Waals surface area contributed by atoms with Crippen LogP contribution in [0.15, 0.2) is 134 Å². The minimum Gasteiger partial charge on any atom is -0.240 e. The standard InChI is InChI=1S/C30H22N4/c1-5-13-23(14-6-1)29-27(21-33(31-29)25-17-9-3-10-18-25)28-22-34(26-19-11-4-12-20-26)32-30(28)24-15-7-2-8-16-24/h1-22H. The van der Waals surface area contributed by atoms with Crippen molar-refractivity contribution in [2.24, 2.45) is 0 Å². The quantitative estimate of drug-likeness (QED) is 0.289. The van der Waals surface area contributed by atoms with Crippen LogP contribution >= 0.6 is 0 Å². The van der Waals surface area contributed by atoms with Crippen LogP contribution in [0.3, 0.4) is 0 Å². The molecule has 0 saturated heterocycles. The summed E-state index contributed by atoms with van der Waals surface area (Å²) in [5.41, 5.74) is 8.10. The van der Waals surface area contributed by atoms with Crippen LogP contribution in [0.4, 0.5) is 0 Å². The highest BCUT2D eigenvalue weighted by atomic mass is 15.3. The van der Waals surface area contributed by atoms with Gasteiger partial charge in [-0.3, -0.25) is 0 Å². The predicted molar refractivity (Wildman–Crippen MR) is 137 cm³/mol. The fourth-order valence-corrected chi connectivity index (χ4v) is 4.19. The van der Waals surface area contributed by atoms with Crippen LogP contribution in [0.5, 0.6) is 0 Å². The molecule has 0 saturated carbocycles. The molecular weight excluding hydrogens is 416 g/mol. The second-order valence-electron chi connectivity index (χ2n) is 8.08. The van der Waals surface area contributed by atoms with Gasteiger partial charge < -0.3 is 0 Å². The second kappa shape index (κ2) is 8.68. The van der Waals surface area contributed by atoms with Crippen molar-refractivity contribution in [3.05, 3.63) is 134 Å². The molecule has 4 nitrogen and oxygen atoms in total. The SMILES string of the molecule is c1ccc(-c2nn(-c3ccccc3)cc2-c2cn(-c3ccccc3)nc2-c2ccccc2)cc1. The number of aromatic nitrogens is 4. The number of rotatable bonds is 5. The topological polar surface area (TPSA) is 35.6 Å². The first-order chi connectivity index (χ1) is 16.9. The smallest absolute Gasteiger partial charge is 0.101 e. The molecule has 0 aliphatic heterocycles. The zero-order valence-electron chi connectivity index (χ0n) is 18.5. The predicted octanol–water partition coefficient (Wildman–Crippen LogP) is 7.06. The van der Waals surface area contributed by atoms with Crippen LogP contribution in [-0.2, 0) is 0 Å². The van der Waals surface area contributed by atoms with Gasteiger partial charge in [-0.25, -0.2) is 9.36 Å². The Hall–Kier alpha value is -4.70. The molecule has 6 aromatic rings. The van der Waals surface area contributed by atoms with Crippen molar-refractivity contribution in [1.29, 1.82) is 0 Å².